The number of amides is 3. The highest BCUT2D eigenvalue weighted by Crippen LogP contribution is 2.58. The van der Waals surface area contributed by atoms with Crippen LogP contribution in [0.3, 0.4) is 0 Å². The molecule has 1 aromatic carbocycles. The fourth-order valence-corrected chi connectivity index (χ4v) is 8.37. The highest BCUT2D eigenvalue weighted by molar-refractivity contribution is 6.00. The lowest BCUT2D eigenvalue weighted by molar-refractivity contribution is -0.158. The summed E-state index contributed by atoms with van der Waals surface area (Å²) in [6, 6.07) is 8.49. The Bertz CT molecular complexity index is 1260. The van der Waals surface area contributed by atoms with Crippen molar-refractivity contribution in [3.05, 3.63) is 60.2 Å². The normalized spacial score (nSPS) is 34.6. The van der Waals surface area contributed by atoms with E-state index in [4.69, 9.17) is 4.74 Å². The van der Waals surface area contributed by atoms with E-state index in [1.165, 1.54) is 6.42 Å². The van der Waals surface area contributed by atoms with Crippen LogP contribution in [-0.4, -0.2) is 86.6 Å². The predicted molar refractivity (Wildman–Crippen MR) is 159 cm³/mol. The van der Waals surface area contributed by atoms with Crippen LogP contribution in [0, 0.1) is 17.8 Å². The maximum absolute atomic E-state index is 14.8. The van der Waals surface area contributed by atoms with E-state index in [9.17, 15) is 19.5 Å². The lowest BCUT2D eigenvalue weighted by Crippen LogP contribution is -2.61. The maximum atomic E-state index is 14.8. The molecule has 0 aromatic heterocycles. The molecule has 3 fully saturated rings. The standard InChI is InChI=1S/C34H45N3O5/c1-4-23(2)26(22-38)37-29-32(41)36(25-15-9-6-10-16-25)20-12-18-34(29)28(31(37)40)27-30(39)35(19-11-17-33(27,3)42-34)21-24-13-7-5-8-14-24/h5,7-8,11-14,17-18,23,25-29,38H,4,6,9-10,15-16,19-22H2,1-3H3/t23-,26-,27+,28-,29?,33-,34-/m0/s1. The van der Waals surface area contributed by atoms with Gasteiger partial charge in [0.15, 0.2) is 0 Å². The molecular formula is C34H45N3O5. The Morgan fingerprint density at radius 3 is 2.36 bits per heavy atom. The number of rotatable bonds is 7. The molecule has 1 unspecified atom stereocenters. The monoisotopic (exact) mass is 575 g/mol. The van der Waals surface area contributed by atoms with Crippen molar-refractivity contribution < 1.29 is 24.2 Å². The van der Waals surface area contributed by atoms with Crippen molar-refractivity contribution in [3.8, 4) is 0 Å². The Hall–Kier alpha value is -2.97. The number of benzene rings is 1. The van der Waals surface area contributed by atoms with E-state index < -0.39 is 35.1 Å². The quantitative estimate of drug-likeness (QED) is 0.501. The molecule has 1 aromatic rings. The minimum absolute atomic E-state index is 0.0383. The number of carbonyl (C=O) groups excluding carboxylic acids is 3. The van der Waals surface area contributed by atoms with Gasteiger partial charge >= 0.3 is 0 Å². The van der Waals surface area contributed by atoms with E-state index >= 15 is 0 Å². The molecule has 8 heteroatoms. The molecule has 5 aliphatic rings. The Morgan fingerprint density at radius 1 is 0.952 bits per heavy atom. The maximum Gasteiger partial charge on any atom is 0.249 e. The van der Waals surface area contributed by atoms with Gasteiger partial charge in [-0.05, 0) is 31.2 Å². The van der Waals surface area contributed by atoms with Gasteiger partial charge in [0.2, 0.25) is 17.7 Å². The lowest BCUT2D eigenvalue weighted by atomic mass is 9.74. The van der Waals surface area contributed by atoms with Gasteiger partial charge in [0.1, 0.15) is 11.6 Å². The van der Waals surface area contributed by atoms with Gasteiger partial charge in [-0.25, -0.2) is 0 Å². The smallest absolute Gasteiger partial charge is 0.249 e. The van der Waals surface area contributed by atoms with Gasteiger partial charge in [0, 0.05) is 25.7 Å². The van der Waals surface area contributed by atoms with E-state index in [0.717, 1.165) is 37.7 Å². The molecule has 4 aliphatic heterocycles. The van der Waals surface area contributed by atoms with Crippen LogP contribution in [0.2, 0.25) is 0 Å². The number of aliphatic hydroxyl groups excluding tert-OH is 1. The van der Waals surface area contributed by atoms with Gasteiger partial charge in [-0.15, -0.1) is 0 Å². The van der Waals surface area contributed by atoms with E-state index in [2.05, 4.69) is 0 Å². The van der Waals surface area contributed by atoms with Gasteiger partial charge in [-0.1, -0.05) is 94.2 Å². The summed E-state index contributed by atoms with van der Waals surface area (Å²) >= 11 is 0. The summed E-state index contributed by atoms with van der Waals surface area (Å²) in [5, 5.41) is 10.7. The highest BCUT2D eigenvalue weighted by atomic mass is 16.5. The van der Waals surface area contributed by atoms with Gasteiger partial charge in [0.25, 0.3) is 0 Å². The molecule has 0 bridgehead atoms. The average molecular weight is 576 g/mol. The molecule has 1 N–H and O–H groups in total. The van der Waals surface area contributed by atoms with Crippen molar-refractivity contribution in [2.24, 2.45) is 17.8 Å². The molecule has 0 radical (unpaired) electrons. The molecule has 42 heavy (non-hydrogen) atoms. The van der Waals surface area contributed by atoms with E-state index in [1.54, 1.807) is 9.80 Å². The molecular weight excluding hydrogens is 530 g/mol. The molecule has 6 rings (SSSR count). The van der Waals surface area contributed by atoms with Gasteiger partial charge in [0.05, 0.1) is 30.1 Å². The first kappa shape index (κ1) is 29.1. The Morgan fingerprint density at radius 2 is 1.67 bits per heavy atom. The molecule has 2 saturated heterocycles. The SMILES string of the molecule is CC[C@H](C)[C@H](CO)N1C(=O)[C@@H]2[C@@H]3C(=O)N(Cc4ccccc4)CC=C[C@]3(C)O[C@@]23C=CCN(C2CCCCC2)C(=O)C13. The zero-order valence-corrected chi connectivity index (χ0v) is 25.2. The number of nitrogens with zero attached hydrogens (tertiary/aromatic N) is 3. The fraction of sp³-hybridized carbons (Fsp3) is 0.618. The lowest BCUT2D eigenvalue weighted by Gasteiger charge is -2.43. The van der Waals surface area contributed by atoms with Crippen LogP contribution >= 0.6 is 0 Å². The third kappa shape index (κ3) is 4.53. The second kappa shape index (κ2) is 11.3. The molecule has 1 saturated carbocycles. The Labute approximate surface area is 249 Å². The van der Waals surface area contributed by atoms with Crippen molar-refractivity contribution in [3.63, 3.8) is 0 Å². The topological polar surface area (TPSA) is 90.4 Å². The molecule has 4 heterocycles. The van der Waals surface area contributed by atoms with Crippen molar-refractivity contribution in [1.82, 2.24) is 14.7 Å². The van der Waals surface area contributed by atoms with E-state index in [-0.39, 0.29) is 36.3 Å². The number of aliphatic hydroxyl groups is 1. The first-order chi connectivity index (χ1) is 20.3. The predicted octanol–water partition coefficient (Wildman–Crippen LogP) is 3.69. The summed E-state index contributed by atoms with van der Waals surface area (Å²) in [4.78, 5) is 49.4. The molecule has 7 atom stereocenters. The van der Waals surface area contributed by atoms with Crippen LogP contribution in [0.4, 0.5) is 0 Å². The van der Waals surface area contributed by atoms with Crippen LogP contribution in [0.25, 0.3) is 0 Å². The van der Waals surface area contributed by atoms with Crippen LogP contribution in [-0.2, 0) is 25.7 Å². The molecule has 1 aliphatic carbocycles. The summed E-state index contributed by atoms with van der Waals surface area (Å²) in [6.45, 7) is 6.97. The Balaban J connectivity index is 1.45. The van der Waals surface area contributed by atoms with Crippen LogP contribution < -0.4 is 0 Å². The molecule has 226 valence electrons. The van der Waals surface area contributed by atoms with Crippen molar-refractivity contribution in [2.45, 2.75) is 95.2 Å². The molecule has 3 amide bonds. The molecule has 8 nitrogen and oxygen atoms in total. The third-order valence-corrected chi connectivity index (χ3v) is 10.7. The Kier molecular flexibility index (Phi) is 7.81. The second-order valence-corrected chi connectivity index (χ2v) is 13.2. The first-order valence-electron chi connectivity index (χ1n) is 15.9. The number of fused-ring (bicyclic) bond motifs is 2. The zero-order valence-electron chi connectivity index (χ0n) is 25.2. The number of likely N-dealkylation sites (tertiary alicyclic amines) is 1. The zero-order chi connectivity index (χ0) is 29.6. The summed E-state index contributed by atoms with van der Waals surface area (Å²) in [5.41, 5.74) is -1.34. The summed E-state index contributed by atoms with van der Waals surface area (Å²) in [7, 11) is 0. The van der Waals surface area contributed by atoms with Crippen LogP contribution in [0.1, 0.15) is 64.9 Å². The number of hydrogen-bond acceptors (Lipinski definition) is 5. The van der Waals surface area contributed by atoms with Gasteiger partial charge in [-0.2, -0.15) is 0 Å². The number of ether oxygens (including phenoxy) is 1. The average Bonchev–Trinajstić information content (AvgIpc) is 3.27. The number of hydrogen-bond donors (Lipinski definition) is 1. The van der Waals surface area contributed by atoms with Gasteiger partial charge in [-0.3, -0.25) is 14.4 Å². The van der Waals surface area contributed by atoms with Crippen molar-refractivity contribution in [1.29, 1.82) is 0 Å². The first-order valence-corrected chi connectivity index (χ1v) is 15.9. The van der Waals surface area contributed by atoms with E-state index in [1.807, 2.05) is 80.3 Å². The summed E-state index contributed by atoms with van der Waals surface area (Å²) < 4.78 is 7.00. The van der Waals surface area contributed by atoms with Crippen molar-refractivity contribution >= 4 is 17.7 Å². The largest absolute Gasteiger partial charge is 0.394 e. The second-order valence-electron chi connectivity index (χ2n) is 13.2. The number of carbonyl (C=O) groups is 3. The van der Waals surface area contributed by atoms with Crippen LogP contribution in [0.15, 0.2) is 54.6 Å². The highest BCUT2D eigenvalue weighted by Gasteiger charge is 2.75. The molecule has 1 spiro atoms. The summed E-state index contributed by atoms with van der Waals surface area (Å²) in [5.74, 6) is -2.23. The van der Waals surface area contributed by atoms with Crippen LogP contribution in [0.5, 0.6) is 0 Å². The van der Waals surface area contributed by atoms with Gasteiger partial charge < -0.3 is 24.5 Å². The van der Waals surface area contributed by atoms with E-state index in [0.29, 0.717) is 19.6 Å². The summed E-state index contributed by atoms with van der Waals surface area (Å²) in [6.07, 6.45) is 13.8. The van der Waals surface area contributed by atoms with Crippen molar-refractivity contribution in [2.75, 3.05) is 19.7 Å². The third-order valence-electron chi connectivity index (χ3n) is 10.7. The minimum Gasteiger partial charge on any atom is -0.394 e. The fourth-order valence-electron chi connectivity index (χ4n) is 8.37. The minimum atomic E-state index is -1.30.